The molecule has 190 valence electrons. The molecule has 2 fully saturated rings. The Morgan fingerprint density at radius 3 is 2.49 bits per heavy atom. The van der Waals surface area contributed by atoms with Gasteiger partial charge in [0, 0.05) is 45.7 Å². The summed E-state index contributed by atoms with van der Waals surface area (Å²) in [7, 11) is -3.42. The molecule has 2 aromatic carbocycles. The first-order valence-electron chi connectivity index (χ1n) is 12.7. The van der Waals surface area contributed by atoms with E-state index >= 15 is 0 Å². The van der Waals surface area contributed by atoms with E-state index in [1.165, 1.54) is 5.56 Å². The second-order valence-electron chi connectivity index (χ2n) is 9.62. The van der Waals surface area contributed by atoms with Gasteiger partial charge < -0.3 is 10.1 Å². The average Bonchev–Trinajstić information content (AvgIpc) is 2.87. The van der Waals surface area contributed by atoms with Gasteiger partial charge in [0.15, 0.2) is 0 Å². The molecule has 1 atom stereocenters. The Hall–Kier alpha value is -2.26. The van der Waals surface area contributed by atoms with Gasteiger partial charge in [-0.1, -0.05) is 42.8 Å². The average molecular weight is 500 g/mol. The third-order valence-electron chi connectivity index (χ3n) is 6.73. The van der Waals surface area contributed by atoms with Crippen molar-refractivity contribution >= 4 is 15.9 Å². The van der Waals surface area contributed by atoms with Gasteiger partial charge in [0.1, 0.15) is 0 Å². The maximum Gasteiger partial charge on any atom is 0.243 e. The van der Waals surface area contributed by atoms with Crippen molar-refractivity contribution in [3.63, 3.8) is 0 Å². The van der Waals surface area contributed by atoms with Crippen LogP contribution in [0, 0.1) is 0 Å². The summed E-state index contributed by atoms with van der Waals surface area (Å²) in [5.74, 6) is -0.0116. The number of amides is 1. The van der Waals surface area contributed by atoms with Crippen molar-refractivity contribution in [1.82, 2.24) is 14.5 Å². The summed E-state index contributed by atoms with van der Waals surface area (Å²) in [4.78, 5) is 15.2. The zero-order chi connectivity index (χ0) is 24.7. The van der Waals surface area contributed by atoms with E-state index in [2.05, 4.69) is 29.3 Å². The Balaban J connectivity index is 1.23. The number of hydrogen-bond acceptors (Lipinski definition) is 5. The monoisotopic (exact) mass is 499 g/mol. The summed E-state index contributed by atoms with van der Waals surface area (Å²) in [6.07, 6.45) is 4.13. The van der Waals surface area contributed by atoms with E-state index in [0.717, 1.165) is 56.6 Å². The highest BCUT2D eigenvalue weighted by atomic mass is 32.2. The SMILES string of the molecule is CC1CN(Cc2cccc(CNC(=O)CCc3ccc(S(=O)(=O)N4CCCCC4)cc3)c2)CCO1. The lowest BCUT2D eigenvalue weighted by molar-refractivity contribution is -0.121. The summed E-state index contributed by atoms with van der Waals surface area (Å²) in [5, 5.41) is 3.01. The minimum absolute atomic E-state index is 0.0116. The minimum atomic E-state index is -3.42. The Bertz CT molecular complexity index is 1080. The van der Waals surface area contributed by atoms with Gasteiger partial charge in [-0.15, -0.1) is 0 Å². The van der Waals surface area contributed by atoms with Gasteiger partial charge in [0.25, 0.3) is 0 Å². The van der Waals surface area contributed by atoms with Gasteiger partial charge in [-0.2, -0.15) is 4.31 Å². The predicted octanol–water partition coefficient (Wildman–Crippen LogP) is 3.33. The highest BCUT2D eigenvalue weighted by Crippen LogP contribution is 2.21. The molecule has 2 aromatic rings. The van der Waals surface area contributed by atoms with Gasteiger partial charge >= 0.3 is 0 Å². The molecule has 0 saturated carbocycles. The van der Waals surface area contributed by atoms with Crippen LogP contribution in [-0.4, -0.2) is 62.4 Å². The summed E-state index contributed by atoms with van der Waals surface area (Å²) in [5.41, 5.74) is 3.29. The number of morpholine rings is 1. The van der Waals surface area contributed by atoms with Crippen LogP contribution in [0.2, 0.25) is 0 Å². The fourth-order valence-electron chi connectivity index (χ4n) is 4.76. The molecule has 2 aliphatic rings. The van der Waals surface area contributed by atoms with E-state index < -0.39 is 10.0 Å². The van der Waals surface area contributed by atoms with Crippen LogP contribution in [0.25, 0.3) is 0 Å². The van der Waals surface area contributed by atoms with Crippen molar-refractivity contribution in [2.45, 2.75) is 63.1 Å². The lowest BCUT2D eigenvalue weighted by atomic mass is 10.1. The van der Waals surface area contributed by atoms with E-state index in [-0.39, 0.29) is 12.0 Å². The standard InChI is InChI=1S/C27H37N3O4S/c1-22-20-29(16-17-34-22)21-25-7-5-6-24(18-25)19-28-27(31)13-10-23-8-11-26(12-9-23)35(32,33)30-14-3-2-4-15-30/h5-9,11-12,18,22H,2-4,10,13-17,19-21H2,1H3,(H,28,31). The maximum absolute atomic E-state index is 12.8. The van der Waals surface area contributed by atoms with E-state index in [9.17, 15) is 13.2 Å². The van der Waals surface area contributed by atoms with Crippen molar-refractivity contribution in [1.29, 1.82) is 0 Å². The number of rotatable bonds is 9. The number of hydrogen-bond donors (Lipinski definition) is 1. The van der Waals surface area contributed by atoms with Gasteiger partial charge in [-0.05, 0) is 55.0 Å². The minimum Gasteiger partial charge on any atom is -0.376 e. The summed E-state index contributed by atoms with van der Waals surface area (Å²) in [6, 6.07) is 15.3. The van der Waals surface area contributed by atoms with E-state index in [0.29, 0.717) is 37.4 Å². The summed E-state index contributed by atoms with van der Waals surface area (Å²) < 4.78 is 32.8. The molecule has 1 amide bonds. The predicted molar refractivity (Wildman–Crippen MR) is 136 cm³/mol. The van der Waals surface area contributed by atoms with Crippen LogP contribution >= 0.6 is 0 Å². The van der Waals surface area contributed by atoms with Crippen LogP contribution in [0.15, 0.2) is 53.4 Å². The number of piperidine rings is 1. The van der Waals surface area contributed by atoms with Crippen molar-refractivity contribution in [2.75, 3.05) is 32.8 Å². The quantitative estimate of drug-likeness (QED) is 0.573. The number of carbonyl (C=O) groups excluding carboxylic acids is 1. The van der Waals surface area contributed by atoms with Gasteiger partial charge in [-0.3, -0.25) is 9.69 Å². The fraction of sp³-hybridized carbons (Fsp3) is 0.519. The molecule has 2 aliphatic heterocycles. The highest BCUT2D eigenvalue weighted by Gasteiger charge is 2.25. The third kappa shape index (κ3) is 7.36. The highest BCUT2D eigenvalue weighted by molar-refractivity contribution is 7.89. The second-order valence-corrected chi connectivity index (χ2v) is 11.6. The molecule has 0 aliphatic carbocycles. The van der Waals surface area contributed by atoms with Gasteiger partial charge in [0.2, 0.25) is 15.9 Å². The number of aryl methyl sites for hydroxylation is 1. The number of ether oxygens (including phenoxy) is 1. The molecule has 0 aromatic heterocycles. The largest absolute Gasteiger partial charge is 0.376 e. The van der Waals surface area contributed by atoms with Crippen molar-refractivity contribution in [2.24, 2.45) is 0 Å². The second kappa shape index (κ2) is 12.1. The summed E-state index contributed by atoms with van der Waals surface area (Å²) in [6.45, 7) is 7.33. The zero-order valence-electron chi connectivity index (χ0n) is 20.6. The molecular formula is C27H37N3O4S. The zero-order valence-corrected chi connectivity index (χ0v) is 21.4. The van der Waals surface area contributed by atoms with Crippen molar-refractivity contribution in [3.8, 4) is 0 Å². The molecule has 4 rings (SSSR count). The molecular weight excluding hydrogens is 462 g/mol. The molecule has 0 spiro atoms. The Kier molecular flexibility index (Phi) is 8.94. The smallest absolute Gasteiger partial charge is 0.243 e. The number of nitrogens with one attached hydrogen (secondary N) is 1. The molecule has 1 N–H and O–H groups in total. The molecule has 2 saturated heterocycles. The number of carbonyl (C=O) groups is 1. The van der Waals surface area contributed by atoms with Crippen LogP contribution in [0.5, 0.6) is 0 Å². The molecule has 2 heterocycles. The third-order valence-corrected chi connectivity index (χ3v) is 8.64. The van der Waals surface area contributed by atoms with Gasteiger partial charge in [0.05, 0.1) is 17.6 Å². The first-order chi connectivity index (χ1) is 16.9. The van der Waals surface area contributed by atoms with E-state index in [1.54, 1.807) is 16.4 Å². The van der Waals surface area contributed by atoms with Crippen molar-refractivity contribution in [3.05, 3.63) is 65.2 Å². The van der Waals surface area contributed by atoms with Crippen LogP contribution in [0.3, 0.4) is 0 Å². The van der Waals surface area contributed by atoms with Crippen molar-refractivity contribution < 1.29 is 17.9 Å². The topological polar surface area (TPSA) is 79.0 Å². The molecule has 0 bridgehead atoms. The molecule has 1 unspecified atom stereocenters. The van der Waals surface area contributed by atoms with E-state index in [1.807, 2.05) is 24.3 Å². The number of benzene rings is 2. The number of sulfonamides is 1. The Morgan fingerprint density at radius 1 is 1.00 bits per heavy atom. The van der Waals surface area contributed by atoms with Crippen LogP contribution < -0.4 is 5.32 Å². The van der Waals surface area contributed by atoms with Crippen LogP contribution in [0.1, 0.15) is 49.3 Å². The Labute approximate surface area is 209 Å². The lowest BCUT2D eigenvalue weighted by Crippen LogP contribution is -2.40. The lowest BCUT2D eigenvalue weighted by Gasteiger charge is -2.31. The normalized spacial score (nSPS) is 20.0. The Morgan fingerprint density at radius 2 is 1.74 bits per heavy atom. The van der Waals surface area contributed by atoms with Crippen LogP contribution in [0.4, 0.5) is 0 Å². The molecule has 35 heavy (non-hydrogen) atoms. The number of nitrogens with zero attached hydrogens (tertiary/aromatic N) is 2. The first-order valence-corrected chi connectivity index (χ1v) is 14.1. The fourth-order valence-corrected chi connectivity index (χ4v) is 6.28. The summed E-state index contributed by atoms with van der Waals surface area (Å²) >= 11 is 0. The van der Waals surface area contributed by atoms with Crippen LogP contribution in [-0.2, 0) is 39.1 Å². The van der Waals surface area contributed by atoms with E-state index in [4.69, 9.17) is 4.74 Å². The molecule has 8 heteroatoms. The molecule has 7 nitrogen and oxygen atoms in total. The maximum atomic E-state index is 12.8. The molecule has 0 radical (unpaired) electrons. The first kappa shape index (κ1) is 25.8. The van der Waals surface area contributed by atoms with Gasteiger partial charge in [-0.25, -0.2) is 8.42 Å².